The van der Waals surface area contributed by atoms with Crippen molar-refractivity contribution in [3.8, 4) is 11.5 Å². The van der Waals surface area contributed by atoms with Crippen LogP contribution in [-0.2, 0) is 19.6 Å². The van der Waals surface area contributed by atoms with Gasteiger partial charge in [0.05, 0.1) is 24.8 Å². The molecule has 5 heterocycles. The molecule has 0 unspecified atom stereocenters. The smallest absolute Gasteiger partial charge is 0.276 e. The summed E-state index contributed by atoms with van der Waals surface area (Å²) in [6, 6.07) is 8.28. The number of benzene rings is 2. The molecule has 0 radical (unpaired) electrons. The van der Waals surface area contributed by atoms with Gasteiger partial charge < -0.3 is 44.8 Å². The fourth-order valence-corrected chi connectivity index (χ4v) is 8.16. The number of ether oxygens (including phenoxy) is 2. The van der Waals surface area contributed by atoms with Gasteiger partial charge in [-0.2, -0.15) is 10.2 Å². The lowest BCUT2D eigenvalue weighted by Gasteiger charge is -2.37. The van der Waals surface area contributed by atoms with Crippen LogP contribution in [0.25, 0.3) is 22.1 Å². The van der Waals surface area contributed by atoms with Crippen LogP contribution < -0.4 is 31.2 Å². The Bertz CT molecular complexity index is 2430. The predicted molar refractivity (Wildman–Crippen MR) is 235 cm³/mol. The number of methoxy groups -OCH3 is 1. The largest absolute Gasteiger partial charge is 0.494 e. The van der Waals surface area contributed by atoms with E-state index in [0.29, 0.717) is 70.9 Å². The minimum absolute atomic E-state index is 0.224. The highest BCUT2D eigenvalue weighted by molar-refractivity contribution is 6.04. The fourth-order valence-electron chi connectivity index (χ4n) is 8.16. The normalized spacial score (nSPS) is 15.5. The first-order valence-corrected chi connectivity index (χ1v) is 20.6. The molecule has 7 rings (SSSR count). The Morgan fingerprint density at radius 3 is 2.38 bits per heavy atom. The number of hydrogen-bond donors (Lipinski definition) is 4. The standard InChI is InChI=1S/C42H54N14O5/c1-5-56-33(9-12-47-56)40(59)50-42-49-32-25-30(38(43)58)26-34(60-4)36(32)55(42)17-7-6-16-54-37-31(48-41(54)44-2)23-28(27-57)24-35(37)61-22-8-15-52-18-10-29(11-19-52)39(51-45-3)53-20-13-46-14-21-53/h6-7,9,12,23-27,29,46H,3,5,8,10-11,13-22H2,1-2,4H3,(H2,43,58)(H,44,48)(H,49,50,59)/b7-6+,51-39-. The molecule has 2 fully saturated rings. The Kier molecular flexibility index (Phi) is 13.7. The van der Waals surface area contributed by atoms with Crippen molar-refractivity contribution in [1.82, 2.24) is 44.0 Å². The number of piperazine rings is 1. The summed E-state index contributed by atoms with van der Waals surface area (Å²) in [5.74, 6) is 2.20. The molecule has 0 bridgehead atoms. The van der Waals surface area contributed by atoms with Gasteiger partial charge in [-0.15, -0.1) is 5.10 Å². The van der Waals surface area contributed by atoms with E-state index >= 15 is 0 Å². The Balaban J connectivity index is 1.06. The number of aromatic nitrogens is 6. The predicted octanol–water partition coefficient (Wildman–Crippen LogP) is 3.47. The van der Waals surface area contributed by atoms with Crippen molar-refractivity contribution >= 4 is 64.6 Å². The number of nitrogens with zero attached hydrogens (tertiary/aromatic N) is 10. The molecule has 2 amide bonds. The molecule has 0 aliphatic carbocycles. The summed E-state index contributed by atoms with van der Waals surface area (Å²) in [7, 11) is 3.29. The second kappa shape index (κ2) is 19.6. The minimum atomic E-state index is -0.632. The van der Waals surface area contributed by atoms with Crippen LogP contribution in [0.4, 0.5) is 11.9 Å². The number of anilines is 2. The van der Waals surface area contributed by atoms with E-state index in [4.69, 9.17) is 20.2 Å². The second-order valence-corrected chi connectivity index (χ2v) is 14.9. The lowest BCUT2D eigenvalue weighted by molar-refractivity contribution is 0.0995. The van der Waals surface area contributed by atoms with Gasteiger partial charge in [0.25, 0.3) is 5.91 Å². The van der Waals surface area contributed by atoms with Crippen LogP contribution in [0.15, 0.2) is 58.9 Å². The van der Waals surface area contributed by atoms with Crippen LogP contribution >= 0.6 is 0 Å². The number of imidazole rings is 2. The zero-order valence-electron chi connectivity index (χ0n) is 35.0. The number of aldehydes is 1. The third-order valence-corrected chi connectivity index (χ3v) is 11.2. The fraction of sp³-hybridized carbons (Fsp3) is 0.429. The highest BCUT2D eigenvalue weighted by atomic mass is 16.5. The average Bonchev–Trinajstić information content (AvgIpc) is 4.01. The molecule has 3 aromatic heterocycles. The molecule has 19 nitrogen and oxygen atoms in total. The molecular weight excluding hydrogens is 781 g/mol. The Hall–Kier alpha value is -6.60. The summed E-state index contributed by atoms with van der Waals surface area (Å²) >= 11 is 0. The monoisotopic (exact) mass is 834 g/mol. The van der Waals surface area contributed by atoms with Gasteiger partial charge in [-0.3, -0.25) is 24.4 Å². The third-order valence-electron chi connectivity index (χ3n) is 11.2. The Morgan fingerprint density at radius 2 is 1.70 bits per heavy atom. The maximum atomic E-state index is 13.4. The molecule has 61 heavy (non-hydrogen) atoms. The van der Waals surface area contributed by atoms with Gasteiger partial charge in [-0.05, 0) is 69.6 Å². The van der Waals surface area contributed by atoms with Gasteiger partial charge in [-0.1, -0.05) is 12.2 Å². The van der Waals surface area contributed by atoms with E-state index in [1.54, 1.807) is 52.8 Å². The molecule has 5 N–H and O–H groups in total. The van der Waals surface area contributed by atoms with E-state index in [-0.39, 0.29) is 18.1 Å². The number of piperidine rings is 1. The van der Waals surface area contributed by atoms with Crippen molar-refractivity contribution < 1.29 is 23.9 Å². The lowest BCUT2D eigenvalue weighted by Crippen LogP contribution is -2.50. The molecule has 0 spiro atoms. The van der Waals surface area contributed by atoms with Crippen molar-refractivity contribution in [3.05, 3.63) is 65.5 Å². The minimum Gasteiger partial charge on any atom is -0.494 e. The van der Waals surface area contributed by atoms with Crippen LogP contribution in [0, 0.1) is 5.92 Å². The number of carbonyl (C=O) groups excluding carboxylic acids is 3. The summed E-state index contributed by atoms with van der Waals surface area (Å²) in [5.41, 5.74) is 9.06. The molecule has 0 atom stereocenters. The number of rotatable bonds is 18. The number of fused-ring (bicyclic) bond motifs is 2. The number of amides is 2. The van der Waals surface area contributed by atoms with E-state index in [0.717, 1.165) is 82.7 Å². The number of nitrogens with two attached hydrogens (primary N) is 1. The molecule has 19 heteroatoms. The maximum absolute atomic E-state index is 13.4. The Labute approximate surface area is 353 Å². The van der Waals surface area contributed by atoms with Crippen molar-refractivity contribution in [1.29, 1.82) is 0 Å². The summed E-state index contributed by atoms with van der Waals surface area (Å²) in [4.78, 5) is 51.9. The van der Waals surface area contributed by atoms with E-state index in [2.05, 4.69) is 52.8 Å². The summed E-state index contributed by atoms with van der Waals surface area (Å²) in [5, 5.41) is 22.1. The van der Waals surface area contributed by atoms with E-state index in [9.17, 15) is 14.4 Å². The zero-order chi connectivity index (χ0) is 42.9. The number of allylic oxidation sites excluding steroid dienone is 2. The van der Waals surface area contributed by atoms with Crippen molar-refractivity contribution in [2.45, 2.75) is 45.8 Å². The number of aryl methyl sites for hydroxylation is 1. The van der Waals surface area contributed by atoms with Crippen molar-refractivity contribution in [2.24, 2.45) is 21.9 Å². The first-order valence-electron chi connectivity index (χ1n) is 20.6. The molecule has 322 valence electrons. The number of likely N-dealkylation sites (tertiary alicyclic amines) is 1. The molecule has 0 saturated carbocycles. The first kappa shape index (κ1) is 42.5. The molecule has 2 aromatic carbocycles. The summed E-state index contributed by atoms with van der Waals surface area (Å²) in [6.45, 7) is 13.8. The van der Waals surface area contributed by atoms with Gasteiger partial charge in [0.15, 0.2) is 0 Å². The number of amidine groups is 1. The molecule has 2 aliphatic rings. The van der Waals surface area contributed by atoms with Gasteiger partial charge in [0, 0.05) is 89.4 Å². The van der Waals surface area contributed by atoms with E-state index < -0.39 is 11.8 Å². The second-order valence-electron chi connectivity index (χ2n) is 14.9. The molecule has 2 aliphatic heterocycles. The highest BCUT2D eigenvalue weighted by Crippen LogP contribution is 2.33. The van der Waals surface area contributed by atoms with Gasteiger partial charge in [0.2, 0.25) is 17.8 Å². The quantitative estimate of drug-likeness (QED) is 0.0249. The van der Waals surface area contributed by atoms with Gasteiger partial charge >= 0.3 is 0 Å². The topological polar surface area (TPSA) is 216 Å². The highest BCUT2D eigenvalue weighted by Gasteiger charge is 2.28. The number of primary amides is 1. The van der Waals surface area contributed by atoms with Crippen LogP contribution in [0.2, 0.25) is 0 Å². The first-order chi connectivity index (χ1) is 29.8. The van der Waals surface area contributed by atoms with Crippen LogP contribution in [0.1, 0.15) is 57.4 Å². The summed E-state index contributed by atoms with van der Waals surface area (Å²) < 4.78 is 17.5. The zero-order valence-corrected chi connectivity index (χ0v) is 35.0. The van der Waals surface area contributed by atoms with Gasteiger partial charge in [0.1, 0.15) is 40.3 Å². The van der Waals surface area contributed by atoms with Gasteiger partial charge in [-0.25, -0.2) is 9.97 Å². The third kappa shape index (κ3) is 9.42. The van der Waals surface area contributed by atoms with E-state index in [1.165, 1.54) is 7.11 Å². The van der Waals surface area contributed by atoms with E-state index in [1.807, 2.05) is 23.6 Å². The number of hydrogen-bond acceptors (Lipinski definition) is 13. The van der Waals surface area contributed by atoms with Crippen molar-refractivity contribution in [3.63, 3.8) is 0 Å². The maximum Gasteiger partial charge on any atom is 0.276 e. The number of nitrogens with one attached hydrogen (secondary N) is 3. The van der Waals surface area contributed by atoms with Crippen LogP contribution in [0.5, 0.6) is 11.5 Å². The molecular formula is C42H54N14O5. The number of carbonyl (C=O) groups is 3. The summed E-state index contributed by atoms with van der Waals surface area (Å²) in [6.07, 6.45) is 9.12. The van der Waals surface area contributed by atoms with Crippen molar-refractivity contribution in [2.75, 3.05) is 77.2 Å². The Morgan fingerprint density at radius 1 is 1.00 bits per heavy atom. The molecule has 2 saturated heterocycles. The SMILES string of the molecule is C=N/N=C(/C1CCN(CCCOc2cc(C=O)cc3nc(NC)n(C/C=C/Cn4c(NC(=O)c5ccnn5CC)nc5cc(C(N)=O)cc(OC)c54)c23)CC1)N1CCNCC1. The van der Waals surface area contributed by atoms with Crippen LogP contribution in [0.3, 0.4) is 0 Å². The average molecular weight is 835 g/mol. The molecule has 5 aromatic rings. The lowest BCUT2D eigenvalue weighted by atomic mass is 9.94. The van der Waals surface area contributed by atoms with Crippen LogP contribution in [-0.4, -0.2) is 136 Å².